The normalized spacial score (nSPS) is 24.2. The highest BCUT2D eigenvalue weighted by atomic mass is 16.6. The molecule has 1 aliphatic carbocycles. The van der Waals surface area contributed by atoms with E-state index in [-0.39, 0.29) is 25.2 Å². The number of aliphatic hydroxyl groups excluding tert-OH is 1. The van der Waals surface area contributed by atoms with Crippen LogP contribution in [-0.2, 0) is 49.3 Å². The molecule has 1 aromatic carbocycles. The van der Waals surface area contributed by atoms with E-state index in [1.165, 1.54) is 0 Å². The number of morpholine rings is 1. The van der Waals surface area contributed by atoms with Gasteiger partial charge in [-0.05, 0) is 65.4 Å². The van der Waals surface area contributed by atoms with Crippen LogP contribution < -0.4 is 21.3 Å². The Morgan fingerprint density at radius 2 is 1.66 bits per heavy atom. The summed E-state index contributed by atoms with van der Waals surface area (Å²) in [6.07, 6.45) is 2.57. The van der Waals surface area contributed by atoms with Crippen LogP contribution in [0.1, 0.15) is 104 Å². The molecule has 3 aliphatic rings. The summed E-state index contributed by atoms with van der Waals surface area (Å²) in [6.45, 7) is 10.8. The molecule has 2 heterocycles. The molecule has 1 aromatic rings. The maximum Gasteiger partial charge on any atom is 0.408 e. The highest BCUT2D eigenvalue weighted by molar-refractivity contribution is 5.93. The van der Waals surface area contributed by atoms with Crippen LogP contribution in [0.2, 0.25) is 0 Å². The average molecular weight is 816 g/mol. The van der Waals surface area contributed by atoms with Crippen molar-refractivity contribution in [2.24, 2.45) is 5.92 Å². The second-order valence-electron chi connectivity index (χ2n) is 17.4. The zero-order valence-electron chi connectivity index (χ0n) is 34.8. The molecule has 4 amide bonds. The highest BCUT2D eigenvalue weighted by Gasteiger charge is 2.37. The molecule has 3 fully saturated rings. The third-order valence-electron chi connectivity index (χ3n) is 10.4. The first kappa shape index (κ1) is 46.4. The standard InChI is InChI=1S/C42H65N5O11/c1-41(2,3)58-40(54)46-42(4,5)25-34(48)43-32(24-29-15-10-7-11-16-29)37(51)45-33-27-56-35(49)18-12-17-30(26-47-19-21-55-22-20-47)57-39(53)36(50)31(44-38(33)52)23-28-13-8-6-9-14-28/h7,10-11,15-16,28,30-33,36,50H,6,8-9,12-14,17-27H2,1-5H3,(H,43,48)(H,44,52)(H,45,51)(H,46,54)/t30-,31+,32+,33+,36-/m1/s1. The molecule has 0 aromatic heterocycles. The van der Waals surface area contributed by atoms with Crippen molar-refractivity contribution in [2.45, 2.75) is 147 Å². The van der Waals surface area contributed by atoms with Crippen molar-refractivity contribution in [3.05, 3.63) is 35.9 Å². The number of nitrogens with one attached hydrogen (secondary N) is 4. The van der Waals surface area contributed by atoms with Crippen LogP contribution in [0.4, 0.5) is 4.79 Å². The molecule has 2 aliphatic heterocycles. The molecule has 0 bridgehead atoms. The maximum absolute atomic E-state index is 14.1. The molecule has 5 atom stereocenters. The number of aliphatic hydroxyl groups is 1. The van der Waals surface area contributed by atoms with Crippen molar-refractivity contribution in [3.8, 4) is 0 Å². The fourth-order valence-corrected chi connectivity index (χ4v) is 7.50. The van der Waals surface area contributed by atoms with Crippen LogP contribution in [0.3, 0.4) is 0 Å². The number of ether oxygens (including phenoxy) is 4. The lowest BCUT2D eigenvalue weighted by Crippen LogP contribution is -2.59. The van der Waals surface area contributed by atoms with Gasteiger partial charge in [-0.3, -0.25) is 24.1 Å². The molecule has 58 heavy (non-hydrogen) atoms. The van der Waals surface area contributed by atoms with Gasteiger partial charge in [-0.25, -0.2) is 9.59 Å². The van der Waals surface area contributed by atoms with E-state index in [2.05, 4.69) is 26.2 Å². The molecule has 2 saturated heterocycles. The SMILES string of the molecule is CC(C)(CC(=O)N[C@@H](Cc1ccccc1)C(=O)N[C@H]1COC(=O)CCC[C@H](CN2CCOCC2)OC(=O)[C@H](O)[C@H](CC2CCCCC2)NC1=O)NC(=O)OC(C)(C)C. The van der Waals surface area contributed by atoms with Crippen LogP contribution in [0.5, 0.6) is 0 Å². The third-order valence-corrected chi connectivity index (χ3v) is 10.4. The van der Waals surface area contributed by atoms with Gasteiger partial charge in [0, 0.05) is 44.4 Å². The van der Waals surface area contributed by atoms with Gasteiger partial charge in [0.2, 0.25) is 17.7 Å². The number of alkyl carbamates (subject to hydrolysis) is 1. The lowest BCUT2D eigenvalue weighted by molar-refractivity contribution is -0.163. The molecule has 324 valence electrons. The number of benzene rings is 1. The Labute approximate surface area is 342 Å². The highest BCUT2D eigenvalue weighted by Crippen LogP contribution is 2.28. The molecular weight excluding hydrogens is 750 g/mol. The summed E-state index contributed by atoms with van der Waals surface area (Å²) in [7, 11) is 0. The summed E-state index contributed by atoms with van der Waals surface area (Å²) in [4.78, 5) is 82.9. The van der Waals surface area contributed by atoms with Crippen molar-refractivity contribution in [3.63, 3.8) is 0 Å². The molecule has 0 spiro atoms. The number of rotatable bonds is 12. The zero-order chi connectivity index (χ0) is 42.3. The van der Waals surface area contributed by atoms with Gasteiger partial charge in [-0.15, -0.1) is 0 Å². The fraction of sp³-hybridized carbons (Fsp3) is 0.714. The minimum Gasteiger partial charge on any atom is -0.463 e. The largest absolute Gasteiger partial charge is 0.463 e. The number of amides is 4. The molecule has 5 N–H and O–H groups in total. The predicted molar refractivity (Wildman–Crippen MR) is 213 cm³/mol. The first-order chi connectivity index (χ1) is 27.5. The lowest BCUT2D eigenvalue weighted by atomic mass is 9.83. The topological polar surface area (TPSA) is 211 Å². The number of cyclic esters (lactones) is 2. The number of carbonyl (C=O) groups is 6. The molecule has 0 radical (unpaired) electrons. The number of esters is 2. The Kier molecular flexibility index (Phi) is 17.8. The van der Waals surface area contributed by atoms with Gasteiger partial charge in [0.15, 0.2) is 6.10 Å². The van der Waals surface area contributed by atoms with E-state index in [0.717, 1.165) is 37.7 Å². The van der Waals surface area contributed by atoms with Crippen LogP contribution in [0.15, 0.2) is 30.3 Å². The van der Waals surface area contributed by atoms with Crippen LogP contribution in [0, 0.1) is 5.92 Å². The molecular formula is C42H65N5O11. The van der Waals surface area contributed by atoms with Crippen molar-refractivity contribution in [1.82, 2.24) is 26.2 Å². The third kappa shape index (κ3) is 16.5. The van der Waals surface area contributed by atoms with E-state index in [4.69, 9.17) is 18.9 Å². The van der Waals surface area contributed by atoms with Crippen molar-refractivity contribution in [2.75, 3.05) is 39.5 Å². The Morgan fingerprint density at radius 1 is 0.966 bits per heavy atom. The summed E-state index contributed by atoms with van der Waals surface area (Å²) in [5.41, 5.74) is -1.09. The van der Waals surface area contributed by atoms with Gasteiger partial charge in [-0.2, -0.15) is 0 Å². The van der Waals surface area contributed by atoms with Gasteiger partial charge in [-0.1, -0.05) is 62.4 Å². The molecule has 1 saturated carbocycles. The average Bonchev–Trinajstić information content (AvgIpc) is 3.15. The fourth-order valence-electron chi connectivity index (χ4n) is 7.50. The number of hydrogen-bond acceptors (Lipinski definition) is 12. The van der Waals surface area contributed by atoms with E-state index in [1.807, 2.05) is 6.07 Å². The number of hydrogen-bond donors (Lipinski definition) is 5. The monoisotopic (exact) mass is 815 g/mol. The minimum absolute atomic E-state index is 0.0356. The first-order valence-corrected chi connectivity index (χ1v) is 20.8. The zero-order valence-corrected chi connectivity index (χ0v) is 34.8. The van der Waals surface area contributed by atoms with Crippen LogP contribution in [-0.4, -0.2) is 127 Å². The van der Waals surface area contributed by atoms with E-state index < -0.39 is 83.8 Å². The first-order valence-electron chi connectivity index (χ1n) is 20.8. The Hall–Kier alpha value is -4.28. The Bertz CT molecular complexity index is 1520. The summed E-state index contributed by atoms with van der Waals surface area (Å²) < 4.78 is 22.2. The molecule has 0 unspecified atom stereocenters. The second kappa shape index (κ2) is 22.2. The quantitative estimate of drug-likeness (QED) is 0.152. The van der Waals surface area contributed by atoms with Gasteiger partial charge < -0.3 is 45.3 Å². The molecule has 16 heteroatoms. The summed E-state index contributed by atoms with van der Waals surface area (Å²) >= 11 is 0. The minimum atomic E-state index is -1.69. The molecule has 16 nitrogen and oxygen atoms in total. The summed E-state index contributed by atoms with van der Waals surface area (Å²) in [5.74, 6) is -3.40. The van der Waals surface area contributed by atoms with E-state index in [9.17, 15) is 33.9 Å². The van der Waals surface area contributed by atoms with Gasteiger partial charge in [0.05, 0.1) is 19.3 Å². The maximum atomic E-state index is 14.1. The number of nitrogens with zero attached hydrogens (tertiary/aromatic N) is 1. The predicted octanol–water partition coefficient (Wildman–Crippen LogP) is 2.68. The van der Waals surface area contributed by atoms with E-state index in [0.29, 0.717) is 52.1 Å². The van der Waals surface area contributed by atoms with Crippen LogP contribution in [0.25, 0.3) is 0 Å². The van der Waals surface area contributed by atoms with E-state index >= 15 is 0 Å². The smallest absolute Gasteiger partial charge is 0.408 e. The summed E-state index contributed by atoms with van der Waals surface area (Å²) in [6, 6.07) is 5.29. The van der Waals surface area contributed by atoms with Gasteiger partial charge in [0.1, 0.15) is 30.4 Å². The molecule has 4 rings (SSSR count). The van der Waals surface area contributed by atoms with Crippen molar-refractivity contribution < 1.29 is 52.8 Å². The Balaban J connectivity index is 1.53. The van der Waals surface area contributed by atoms with Gasteiger partial charge >= 0.3 is 18.0 Å². The summed E-state index contributed by atoms with van der Waals surface area (Å²) in [5, 5.41) is 22.4. The second-order valence-corrected chi connectivity index (χ2v) is 17.4. The number of carbonyl (C=O) groups excluding carboxylic acids is 6. The van der Waals surface area contributed by atoms with Gasteiger partial charge in [0.25, 0.3) is 0 Å². The van der Waals surface area contributed by atoms with Crippen molar-refractivity contribution in [1.29, 1.82) is 0 Å². The van der Waals surface area contributed by atoms with Crippen molar-refractivity contribution >= 4 is 35.8 Å². The lowest BCUT2D eigenvalue weighted by Gasteiger charge is -2.33. The van der Waals surface area contributed by atoms with Crippen LogP contribution >= 0.6 is 0 Å². The van der Waals surface area contributed by atoms with E-state index in [1.54, 1.807) is 58.9 Å². The Morgan fingerprint density at radius 3 is 2.33 bits per heavy atom.